The van der Waals surface area contributed by atoms with Crippen molar-refractivity contribution in [3.05, 3.63) is 30.0 Å². The summed E-state index contributed by atoms with van der Waals surface area (Å²) in [5.41, 5.74) is 1.15. The summed E-state index contributed by atoms with van der Waals surface area (Å²) < 4.78 is 1.97. The predicted molar refractivity (Wildman–Crippen MR) is 82.5 cm³/mol. The van der Waals surface area contributed by atoms with Crippen LogP contribution in [0.5, 0.6) is 0 Å². The summed E-state index contributed by atoms with van der Waals surface area (Å²) in [6, 6.07) is 4.78. The molecule has 2 aromatic rings. The van der Waals surface area contributed by atoms with Gasteiger partial charge in [-0.25, -0.2) is 0 Å². The number of hydrogen-bond donors (Lipinski definition) is 0. The van der Waals surface area contributed by atoms with Crippen LogP contribution in [0.3, 0.4) is 0 Å². The molecule has 1 aliphatic carbocycles. The standard InChI is InChI=1S/C15H21N7/c1-20(9-15-18-16-10-21(15)2)12-7-22(8-12)14-6-5-13(17-19-14)11-3-4-11/h5-6,10-12H,3-4,7-9H2,1-2H3. The first kappa shape index (κ1) is 13.6. The lowest BCUT2D eigenvalue weighted by Crippen LogP contribution is -2.58. The van der Waals surface area contributed by atoms with Crippen LogP contribution in [0.4, 0.5) is 5.82 Å². The van der Waals surface area contributed by atoms with E-state index in [0.29, 0.717) is 12.0 Å². The van der Waals surface area contributed by atoms with Crippen molar-refractivity contribution in [2.24, 2.45) is 7.05 Å². The molecule has 1 aliphatic heterocycles. The molecule has 0 N–H and O–H groups in total. The predicted octanol–water partition coefficient (Wildman–Crippen LogP) is 0.803. The van der Waals surface area contributed by atoms with Crippen LogP contribution in [-0.4, -0.2) is 56.0 Å². The molecule has 22 heavy (non-hydrogen) atoms. The van der Waals surface area contributed by atoms with Gasteiger partial charge in [0.2, 0.25) is 0 Å². The van der Waals surface area contributed by atoms with Crippen LogP contribution in [0.15, 0.2) is 18.5 Å². The van der Waals surface area contributed by atoms with Gasteiger partial charge in [-0.1, -0.05) is 0 Å². The van der Waals surface area contributed by atoms with Gasteiger partial charge in [-0.05, 0) is 32.0 Å². The van der Waals surface area contributed by atoms with E-state index in [-0.39, 0.29) is 0 Å². The summed E-state index contributed by atoms with van der Waals surface area (Å²) in [4.78, 5) is 4.61. The van der Waals surface area contributed by atoms with Crippen LogP contribution in [0.2, 0.25) is 0 Å². The Kier molecular flexibility index (Phi) is 3.29. The first-order valence-corrected chi connectivity index (χ1v) is 7.82. The molecule has 0 unspecified atom stereocenters. The molecule has 0 atom stereocenters. The van der Waals surface area contributed by atoms with Gasteiger partial charge in [0, 0.05) is 32.1 Å². The lowest BCUT2D eigenvalue weighted by Gasteiger charge is -2.44. The van der Waals surface area contributed by atoms with Gasteiger partial charge in [0.1, 0.15) is 12.2 Å². The minimum absolute atomic E-state index is 0.529. The fraction of sp³-hybridized carbons (Fsp3) is 0.600. The quantitative estimate of drug-likeness (QED) is 0.814. The van der Waals surface area contributed by atoms with Crippen molar-refractivity contribution in [2.75, 3.05) is 25.0 Å². The van der Waals surface area contributed by atoms with Gasteiger partial charge in [0.25, 0.3) is 0 Å². The average Bonchev–Trinajstić information content (AvgIpc) is 3.24. The zero-order chi connectivity index (χ0) is 15.1. The third-order valence-electron chi connectivity index (χ3n) is 4.67. The molecule has 116 valence electrons. The van der Waals surface area contributed by atoms with Crippen LogP contribution in [0.25, 0.3) is 0 Å². The maximum absolute atomic E-state index is 4.38. The van der Waals surface area contributed by atoms with Crippen LogP contribution >= 0.6 is 0 Å². The molecule has 1 saturated carbocycles. The molecule has 0 bridgehead atoms. The smallest absolute Gasteiger partial charge is 0.151 e. The molecule has 7 heteroatoms. The molecule has 0 amide bonds. The highest BCUT2D eigenvalue weighted by Gasteiger charge is 2.32. The molecule has 0 spiro atoms. The zero-order valence-corrected chi connectivity index (χ0v) is 13.1. The summed E-state index contributed by atoms with van der Waals surface area (Å²) in [5, 5.41) is 16.8. The largest absolute Gasteiger partial charge is 0.352 e. The van der Waals surface area contributed by atoms with E-state index in [1.807, 2.05) is 11.6 Å². The number of rotatable bonds is 5. The first-order valence-electron chi connectivity index (χ1n) is 7.82. The van der Waals surface area contributed by atoms with Crippen molar-refractivity contribution < 1.29 is 0 Å². The van der Waals surface area contributed by atoms with E-state index in [0.717, 1.165) is 37.0 Å². The molecule has 2 fully saturated rings. The molecule has 7 nitrogen and oxygen atoms in total. The second kappa shape index (κ2) is 5.31. The van der Waals surface area contributed by atoms with Crippen LogP contribution in [-0.2, 0) is 13.6 Å². The van der Waals surface area contributed by atoms with Crippen molar-refractivity contribution in [2.45, 2.75) is 31.3 Å². The zero-order valence-electron chi connectivity index (χ0n) is 13.1. The summed E-state index contributed by atoms with van der Waals surface area (Å²) in [5.74, 6) is 2.66. The maximum atomic E-state index is 4.38. The lowest BCUT2D eigenvalue weighted by molar-refractivity contribution is 0.190. The number of hydrogen-bond acceptors (Lipinski definition) is 6. The number of aromatic nitrogens is 5. The van der Waals surface area contributed by atoms with Crippen LogP contribution in [0.1, 0.15) is 30.3 Å². The van der Waals surface area contributed by atoms with Gasteiger partial charge in [-0.15, -0.1) is 15.3 Å². The van der Waals surface area contributed by atoms with E-state index in [1.165, 1.54) is 12.8 Å². The van der Waals surface area contributed by atoms with E-state index < -0.39 is 0 Å². The second-order valence-electron chi connectivity index (χ2n) is 6.42. The minimum Gasteiger partial charge on any atom is -0.352 e. The Morgan fingerprint density at radius 1 is 1.18 bits per heavy atom. The summed E-state index contributed by atoms with van der Waals surface area (Å²) >= 11 is 0. The highest BCUT2D eigenvalue weighted by atomic mass is 15.4. The summed E-state index contributed by atoms with van der Waals surface area (Å²) in [6.45, 7) is 2.80. The Balaban J connectivity index is 1.32. The van der Waals surface area contributed by atoms with E-state index in [9.17, 15) is 0 Å². The minimum atomic E-state index is 0.529. The normalized spacial score (nSPS) is 18.8. The van der Waals surface area contributed by atoms with Crippen LogP contribution < -0.4 is 4.90 Å². The third kappa shape index (κ3) is 2.56. The Bertz CT molecular complexity index is 640. The third-order valence-corrected chi connectivity index (χ3v) is 4.67. The van der Waals surface area contributed by atoms with E-state index in [1.54, 1.807) is 6.33 Å². The van der Waals surface area contributed by atoms with Gasteiger partial charge in [0.05, 0.1) is 12.2 Å². The summed E-state index contributed by atoms with van der Waals surface area (Å²) in [6.07, 6.45) is 4.28. The van der Waals surface area contributed by atoms with Gasteiger partial charge in [-0.3, -0.25) is 4.90 Å². The SMILES string of the molecule is CN(Cc1nncn1C)C1CN(c2ccc(C3CC3)nn2)C1. The number of aryl methyl sites for hydroxylation is 1. The van der Waals surface area contributed by atoms with Crippen molar-refractivity contribution in [3.63, 3.8) is 0 Å². The Morgan fingerprint density at radius 2 is 2.00 bits per heavy atom. The molecule has 2 aliphatic rings. The Hall–Kier alpha value is -2.02. The van der Waals surface area contributed by atoms with Gasteiger partial charge >= 0.3 is 0 Å². The second-order valence-corrected chi connectivity index (χ2v) is 6.42. The monoisotopic (exact) mass is 299 g/mol. The number of likely N-dealkylation sites (N-methyl/N-ethyl adjacent to an activating group) is 1. The molecule has 4 rings (SSSR count). The fourth-order valence-corrected chi connectivity index (χ4v) is 2.82. The Morgan fingerprint density at radius 3 is 2.59 bits per heavy atom. The Labute approximate surface area is 130 Å². The molecule has 0 radical (unpaired) electrons. The number of nitrogens with zero attached hydrogens (tertiary/aromatic N) is 7. The molecular formula is C15H21N7. The molecule has 0 aromatic carbocycles. The first-order chi connectivity index (χ1) is 10.7. The van der Waals surface area contributed by atoms with Crippen molar-refractivity contribution >= 4 is 5.82 Å². The molecule has 2 aromatic heterocycles. The average molecular weight is 299 g/mol. The van der Waals surface area contributed by atoms with Crippen LogP contribution in [0, 0.1) is 0 Å². The molecular weight excluding hydrogens is 278 g/mol. The number of anilines is 1. The molecule has 3 heterocycles. The maximum Gasteiger partial charge on any atom is 0.151 e. The van der Waals surface area contributed by atoms with E-state index in [4.69, 9.17) is 0 Å². The van der Waals surface area contributed by atoms with Gasteiger partial charge in [-0.2, -0.15) is 5.10 Å². The topological polar surface area (TPSA) is 63.0 Å². The summed E-state index contributed by atoms with van der Waals surface area (Å²) in [7, 11) is 4.12. The highest BCUT2D eigenvalue weighted by molar-refractivity contribution is 5.42. The van der Waals surface area contributed by atoms with Crippen molar-refractivity contribution in [3.8, 4) is 0 Å². The van der Waals surface area contributed by atoms with E-state index in [2.05, 4.69) is 49.4 Å². The highest BCUT2D eigenvalue weighted by Crippen LogP contribution is 2.38. The van der Waals surface area contributed by atoms with E-state index >= 15 is 0 Å². The van der Waals surface area contributed by atoms with Crippen molar-refractivity contribution in [1.29, 1.82) is 0 Å². The fourth-order valence-electron chi connectivity index (χ4n) is 2.82. The van der Waals surface area contributed by atoms with Crippen molar-refractivity contribution in [1.82, 2.24) is 29.9 Å². The van der Waals surface area contributed by atoms with Gasteiger partial charge < -0.3 is 9.47 Å². The van der Waals surface area contributed by atoms with Gasteiger partial charge in [0.15, 0.2) is 5.82 Å². The lowest BCUT2D eigenvalue weighted by atomic mass is 10.1. The molecule has 1 saturated heterocycles.